The lowest BCUT2D eigenvalue weighted by atomic mass is 10.0. The summed E-state index contributed by atoms with van der Waals surface area (Å²) in [5, 5.41) is 2.17. The summed E-state index contributed by atoms with van der Waals surface area (Å²) in [6.45, 7) is 2.75. The Morgan fingerprint density at radius 2 is 2.00 bits per heavy atom. The largest absolute Gasteiger partial charge is 0.493 e. The monoisotopic (exact) mass is 245 g/mol. The molecule has 0 saturated heterocycles. The maximum Gasteiger partial charge on any atom is 0.130 e. The minimum atomic E-state index is 0.382. The topological polar surface area (TPSA) is 35.2 Å². The van der Waals surface area contributed by atoms with E-state index in [0.717, 1.165) is 28.5 Å². The van der Waals surface area contributed by atoms with Crippen LogP contribution < -0.4 is 10.5 Å². The molecule has 0 aliphatic rings. The van der Waals surface area contributed by atoms with Gasteiger partial charge in [0.1, 0.15) is 10.7 Å². The molecule has 2 aromatic rings. The summed E-state index contributed by atoms with van der Waals surface area (Å²) in [4.78, 5) is 0.382. The molecule has 0 spiro atoms. The predicted molar refractivity (Wildman–Crippen MR) is 75.6 cm³/mol. The van der Waals surface area contributed by atoms with E-state index in [1.54, 1.807) is 0 Å². The van der Waals surface area contributed by atoms with Crippen LogP contribution in [0.25, 0.3) is 10.8 Å². The number of rotatable bonds is 4. The smallest absolute Gasteiger partial charge is 0.130 e. The van der Waals surface area contributed by atoms with Crippen molar-refractivity contribution in [3.8, 4) is 5.75 Å². The molecule has 0 unspecified atom stereocenters. The van der Waals surface area contributed by atoms with Gasteiger partial charge in [-0.25, -0.2) is 0 Å². The SMILES string of the molecule is CCCOc1ccc2ccccc2c1C(N)=S. The first-order chi connectivity index (χ1) is 8.24. The number of thiocarbonyl (C=S) groups is 1. The van der Waals surface area contributed by atoms with Gasteiger partial charge in [0.25, 0.3) is 0 Å². The Morgan fingerprint density at radius 3 is 2.71 bits per heavy atom. The molecule has 2 rings (SSSR count). The van der Waals surface area contributed by atoms with Gasteiger partial charge in [-0.15, -0.1) is 0 Å². The van der Waals surface area contributed by atoms with E-state index in [2.05, 4.69) is 6.92 Å². The molecule has 0 aliphatic heterocycles. The van der Waals surface area contributed by atoms with E-state index < -0.39 is 0 Å². The number of nitrogens with two attached hydrogens (primary N) is 1. The van der Waals surface area contributed by atoms with E-state index in [-0.39, 0.29) is 0 Å². The van der Waals surface area contributed by atoms with Crippen molar-refractivity contribution in [2.24, 2.45) is 5.73 Å². The summed E-state index contributed by atoms with van der Waals surface area (Å²) in [6, 6.07) is 12.0. The zero-order valence-corrected chi connectivity index (χ0v) is 10.6. The van der Waals surface area contributed by atoms with Gasteiger partial charge >= 0.3 is 0 Å². The number of hydrogen-bond donors (Lipinski definition) is 1. The van der Waals surface area contributed by atoms with Crippen LogP contribution in [-0.4, -0.2) is 11.6 Å². The minimum Gasteiger partial charge on any atom is -0.493 e. The summed E-state index contributed by atoms with van der Waals surface area (Å²) >= 11 is 5.13. The maximum atomic E-state index is 5.80. The Kier molecular flexibility index (Phi) is 3.59. The fourth-order valence-electron chi connectivity index (χ4n) is 1.84. The molecule has 3 heteroatoms. The first-order valence-corrected chi connectivity index (χ1v) is 6.09. The molecular weight excluding hydrogens is 230 g/mol. The molecule has 0 atom stereocenters. The highest BCUT2D eigenvalue weighted by molar-refractivity contribution is 7.80. The molecule has 88 valence electrons. The maximum absolute atomic E-state index is 5.80. The van der Waals surface area contributed by atoms with Crippen molar-refractivity contribution in [2.75, 3.05) is 6.61 Å². The Labute approximate surface area is 106 Å². The summed E-state index contributed by atoms with van der Waals surface area (Å²) in [5.74, 6) is 0.776. The van der Waals surface area contributed by atoms with Gasteiger partial charge in [0.05, 0.1) is 12.2 Å². The van der Waals surface area contributed by atoms with Crippen LogP contribution in [0.15, 0.2) is 36.4 Å². The van der Waals surface area contributed by atoms with Gasteiger partial charge in [0.15, 0.2) is 0 Å². The van der Waals surface area contributed by atoms with Gasteiger partial charge in [-0.05, 0) is 23.3 Å². The summed E-state index contributed by atoms with van der Waals surface area (Å²) in [5.41, 5.74) is 6.64. The molecule has 0 radical (unpaired) electrons. The highest BCUT2D eigenvalue weighted by Crippen LogP contribution is 2.28. The number of benzene rings is 2. The number of fused-ring (bicyclic) bond motifs is 1. The average molecular weight is 245 g/mol. The molecular formula is C14H15NOS. The molecule has 17 heavy (non-hydrogen) atoms. The van der Waals surface area contributed by atoms with Crippen LogP contribution >= 0.6 is 12.2 Å². The fraction of sp³-hybridized carbons (Fsp3) is 0.214. The van der Waals surface area contributed by atoms with Gasteiger partial charge in [0, 0.05) is 0 Å². The van der Waals surface area contributed by atoms with Crippen LogP contribution in [0.5, 0.6) is 5.75 Å². The molecule has 0 saturated carbocycles. The zero-order chi connectivity index (χ0) is 12.3. The van der Waals surface area contributed by atoms with Crippen LogP contribution in [-0.2, 0) is 0 Å². The van der Waals surface area contributed by atoms with Gasteiger partial charge in [-0.1, -0.05) is 49.5 Å². The summed E-state index contributed by atoms with van der Waals surface area (Å²) < 4.78 is 5.69. The summed E-state index contributed by atoms with van der Waals surface area (Å²) in [7, 11) is 0. The molecule has 2 nitrogen and oxygen atoms in total. The second-order valence-corrected chi connectivity index (χ2v) is 4.31. The van der Waals surface area contributed by atoms with Gasteiger partial charge < -0.3 is 10.5 Å². The van der Waals surface area contributed by atoms with Gasteiger partial charge in [0.2, 0.25) is 0 Å². The molecule has 0 fully saturated rings. The van der Waals surface area contributed by atoms with Crippen LogP contribution in [0.4, 0.5) is 0 Å². The molecule has 2 aromatic carbocycles. The molecule has 2 N–H and O–H groups in total. The van der Waals surface area contributed by atoms with Crippen molar-refractivity contribution in [1.29, 1.82) is 0 Å². The van der Waals surface area contributed by atoms with E-state index in [1.807, 2.05) is 36.4 Å². The average Bonchev–Trinajstić information content (AvgIpc) is 2.35. The number of hydrogen-bond acceptors (Lipinski definition) is 2. The Balaban J connectivity index is 2.60. The highest BCUT2D eigenvalue weighted by Gasteiger charge is 2.10. The van der Waals surface area contributed by atoms with E-state index >= 15 is 0 Å². The molecule has 0 bridgehead atoms. The van der Waals surface area contributed by atoms with Gasteiger partial charge in [-0.2, -0.15) is 0 Å². The third-order valence-corrected chi connectivity index (χ3v) is 2.80. The third kappa shape index (κ3) is 2.39. The Morgan fingerprint density at radius 1 is 1.24 bits per heavy atom. The van der Waals surface area contributed by atoms with E-state index in [1.165, 1.54) is 0 Å². The van der Waals surface area contributed by atoms with Crippen LogP contribution in [0.3, 0.4) is 0 Å². The van der Waals surface area contributed by atoms with Crippen molar-refractivity contribution in [3.63, 3.8) is 0 Å². The number of ether oxygens (including phenoxy) is 1. The molecule has 0 aromatic heterocycles. The lowest BCUT2D eigenvalue weighted by Gasteiger charge is -2.12. The standard InChI is InChI=1S/C14H15NOS/c1-2-9-16-12-8-7-10-5-3-4-6-11(10)13(12)14(15)17/h3-8H,2,9H2,1H3,(H2,15,17). The van der Waals surface area contributed by atoms with Crippen molar-refractivity contribution < 1.29 is 4.74 Å². The Hall–Kier alpha value is -1.61. The minimum absolute atomic E-state index is 0.382. The van der Waals surface area contributed by atoms with Crippen molar-refractivity contribution in [1.82, 2.24) is 0 Å². The fourth-order valence-corrected chi connectivity index (χ4v) is 2.05. The van der Waals surface area contributed by atoms with Crippen molar-refractivity contribution >= 4 is 28.0 Å². The third-order valence-electron chi connectivity index (χ3n) is 2.60. The van der Waals surface area contributed by atoms with E-state index in [9.17, 15) is 0 Å². The quantitative estimate of drug-likeness (QED) is 0.840. The van der Waals surface area contributed by atoms with Gasteiger partial charge in [-0.3, -0.25) is 0 Å². The van der Waals surface area contributed by atoms with E-state index in [4.69, 9.17) is 22.7 Å². The van der Waals surface area contributed by atoms with Crippen LogP contribution in [0, 0.1) is 0 Å². The lowest BCUT2D eigenvalue weighted by Crippen LogP contribution is -2.12. The zero-order valence-electron chi connectivity index (χ0n) is 9.77. The summed E-state index contributed by atoms with van der Waals surface area (Å²) in [6.07, 6.45) is 0.962. The van der Waals surface area contributed by atoms with E-state index in [0.29, 0.717) is 11.6 Å². The second kappa shape index (κ2) is 5.15. The van der Waals surface area contributed by atoms with Crippen molar-refractivity contribution in [2.45, 2.75) is 13.3 Å². The molecule has 0 heterocycles. The van der Waals surface area contributed by atoms with Crippen LogP contribution in [0.2, 0.25) is 0 Å². The second-order valence-electron chi connectivity index (χ2n) is 3.87. The normalized spacial score (nSPS) is 10.4. The first kappa shape index (κ1) is 11.9. The van der Waals surface area contributed by atoms with Crippen molar-refractivity contribution in [3.05, 3.63) is 42.0 Å². The first-order valence-electron chi connectivity index (χ1n) is 5.68. The predicted octanol–water partition coefficient (Wildman–Crippen LogP) is 3.26. The Bertz CT molecular complexity index is 551. The highest BCUT2D eigenvalue weighted by atomic mass is 32.1. The van der Waals surface area contributed by atoms with Crippen LogP contribution in [0.1, 0.15) is 18.9 Å². The molecule has 0 amide bonds. The molecule has 0 aliphatic carbocycles. The lowest BCUT2D eigenvalue weighted by molar-refractivity contribution is 0.317.